The third kappa shape index (κ3) is 5.08. The van der Waals surface area contributed by atoms with Gasteiger partial charge in [-0.2, -0.15) is 9.97 Å². The summed E-state index contributed by atoms with van der Waals surface area (Å²) in [6, 6.07) is 15.8. The maximum atomic E-state index is 10.2. The van der Waals surface area contributed by atoms with Crippen LogP contribution in [-0.2, 0) is 13.1 Å². The molecule has 176 valence electrons. The molecule has 0 atom stereocenters. The van der Waals surface area contributed by atoms with Gasteiger partial charge >= 0.3 is 0 Å². The van der Waals surface area contributed by atoms with Crippen LogP contribution in [0, 0.1) is 0 Å². The molecule has 1 fully saturated rings. The number of anilines is 2. The molecule has 0 amide bonds. The van der Waals surface area contributed by atoms with Gasteiger partial charge in [0, 0.05) is 29.2 Å². The van der Waals surface area contributed by atoms with Crippen LogP contribution in [0.15, 0.2) is 54.9 Å². The molecule has 9 heteroatoms. The molecule has 2 heterocycles. The number of phenolic OH excluding ortho intramolecular Hbond substituents is 1. The van der Waals surface area contributed by atoms with Gasteiger partial charge in [-0.15, -0.1) is 0 Å². The van der Waals surface area contributed by atoms with Crippen molar-refractivity contribution in [1.29, 1.82) is 0 Å². The van der Waals surface area contributed by atoms with Crippen LogP contribution >= 0.6 is 11.6 Å². The molecule has 0 bridgehead atoms. The smallest absolute Gasteiger partial charge is 0.227 e. The summed E-state index contributed by atoms with van der Waals surface area (Å²) in [6.45, 7) is 1.00. The van der Waals surface area contributed by atoms with Gasteiger partial charge in [-0.3, -0.25) is 0 Å². The molecule has 0 unspecified atom stereocenters. The van der Waals surface area contributed by atoms with E-state index in [1.165, 1.54) is 0 Å². The summed E-state index contributed by atoms with van der Waals surface area (Å²) < 4.78 is 2.02. The Balaban J connectivity index is 1.46. The SMILES string of the molecule is NC1CCC(Nc2nc(NCc3cc(Cl)ccc3O)c3ncn(Cc4ccccc4)c3n2)CC1. The minimum atomic E-state index is 0.175. The molecule has 2 aromatic heterocycles. The number of nitrogens with one attached hydrogen (secondary N) is 2. The third-order valence-electron chi connectivity index (χ3n) is 6.25. The Bertz CT molecular complexity index is 1270. The number of benzene rings is 2. The van der Waals surface area contributed by atoms with Crippen molar-refractivity contribution in [3.05, 3.63) is 71.0 Å². The molecule has 2 aromatic carbocycles. The molecule has 0 saturated heterocycles. The average molecular weight is 478 g/mol. The van der Waals surface area contributed by atoms with E-state index < -0.39 is 0 Å². The maximum absolute atomic E-state index is 10.2. The average Bonchev–Trinajstić information content (AvgIpc) is 3.24. The molecule has 0 radical (unpaired) electrons. The van der Waals surface area contributed by atoms with Crippen LogP contribution in [0.2, 0.25) is 5.02 Å². The first kappa shape index (κ1) is 22.4. The molecule has 34 heavy (non-hydrogen) atoms. The van der Waals surface area contributed by atoms with Gasteiger partial charge in [0.2, 0.25) is 5.95 Å². The molecule has 1 saturated carbocycles. The number of phenols is 1. The fraction of sp³-hybridized carbons (Fsp3) is 0.320. The van der Waals surface area contributed by atoms with E-state index in [1.54, 1.807) is 24.5 Å². The monoisotopic (exact) mass is 477 g/mol. The highest BCUT2D eigenvalue weighted by Crippen LogP contribution is 2.27. The first-order valence-corrected chi connectivity index (χ1v) is 11.9. The van der Waals surface area contributed by atoms with Crippen molar-refractivity contribution < 1.29 is 5.11 Å². The van der Waals surface area contributed by atoms with Crippen LogP contribution < -0.4 is 16.4 Å². The van der Waals surface area contributed by atoms with Crippen molar-refractivity contribution in [2.45, 2.75) is 50.9 Å². The number of imidazole rings is 1. The predicted molar refractivity (Wildman–Crippen MR) is 135 cm³/mol. The standard InChI is InChI=1S/C25H28ClN7O/c26-18-6-11-21(34)17(12-18)13-28-23-22-24(33(15-29-22)14-16-4-2-1-3-5-16)32-25(31-23)30-20-9-7-19(27)8-10-20/h1-6,11-12,15,19-20,34H,7-10,13-14,27H2,(H2,28,30,31,32). The van der Waals surface area contributed by atoms with Crippen LogP contribution in [-0.4, -0.2) is 36.7 Å². The summed E-state index contributed by atoms with van der Waals surface area (Å²) in [5.74, 6) is 1.33. The Kier molecular flexibility index (Phi) is 6.51. The molecule has 0 spiro atoms. The van der Waals surface area contributed by atoms with Crippen molar-refractivity contribution in [3.63, 3.8) is 0 Å². The predicted octanol–water partition coefficient (Wildman–Crippen LogP) is 4.53. The normalized spacial score (nSPS) is 18.2. The zero-order valence-corrected chi connectivity index (χ0v) is 19.5. The van der Waals surface area contributed by atoms with E-state index in [-0.39, 0.29) is 17.8 Å². The summed E-state index contributed by atoms with van der Waals surface area (Å²) in [5.41, 5.74) is 9.33. The van der Waals surface area contributed by atoms with Crippen molar-refractivity contribution >= 4 is 34.5 Å². The number of halogens is 1. The second kappa shape index (κ2) is 9.87. The lowest BCUT2D eigenvalue weighted by atomic mass is 9.92. The number of nitrogens with two attached hydrogens (primary N) is 1. The Labute approximate surface area is 203 Å². The third-order valence-corrected chi connectivity index (χ3v) is 6.49. The van der Waals surface area contributed by atoms with Gasteiger partial charge in [0.25, 0.3) is 0 Å². The Morgan fingerprint density at radius 3 is 2.65 bits per heavy atom. The highest BCUT2D eigenvalue weighted by atomic mass is 35.5. The molecule has 0 aliphatic heterocycles. The van der Waals surface area contributed by atoms with Crippen molar-refractivity contribution in [2.24, 2.45) is 5.73 Å². The number of hydrogen-bond donors (Lipinski definition) is 4. The van der Waals surface area contributed by atoms with Crippen LogP contribution in [0.4, 0.5) is 11.8 Å². The van der Waals surface area contributed by atoms with E-state index in [2.05, 4.69) is 27.8 Å². The zero-order valence-electron chi connectivity index (χ0n) is 18.8. The van der Waals surface area contributed by atoms with Gasteiger partial charge in [0.15, 0.2) is 17.0 Å². The number of nitrogens with zero attached hydrogens (tertiary/aromatic N) is 4. The highest BCUT2D eigenvalue weighted by molar-refractivity contribution is 6.30. The van der Waals surface area contributed by atoms with Crippen molar-refractivity contribution in [1.82, 2.24) is 19.5 Å². The lowest BCUT2D eigenvalue weighted by Crippen LogP contribution is -2.33. The summed E-state index contributed by atoms with van der Waals surface area (Å²) in [4.78, 5) is 14.2. The van der Waals surface area contributed by atoms with Crippen LogP contribution in [0.3, 0.4) is 0 Å². The maximum Gasteiger partial charge on any atom is 0.227 e. The van der Waals surface area contributed by atoms with Gasteiger partial charge in [-0.1, -0.05) is 41.9 Å². The lowest BCUT2D eigenvalue weighted by Gasteiger charge is -2.26. The number of aromatic nitrogens is 4. The van der Waals surface area contributed by atoms with E-state index >= 15 is 0 Å². The van der Waals surface area contributed by atoms with Crippen molar-refractivity contribution in [2.75, 3.05) is 10.6 Å². The Hall–Kier alpha value is -3.36. The Morgan fingerprint density at radius 2 is 1.85 bits per heavy atom. The van der Waals surface area contributed by atoms with Crippen LogP contribution in [0.5, 0.6) is 5.75 Å². The zero-order chi connectivity index (χ0) is 23.5. The molecular weight excluding hydrogens is 450 g/mol. The lowest BCUT2D eigenvalue weighted by molar-refractivity contribution is 0.410. The van der Waals surface area contributed by atoms with Gasteiger partial charge in [0.1, 0.15) is 5.75 Å². The summed E-state index contributed by atoms with van der Waals surface area (Å²) in [6.07, 6.45) is 5.75. The van der Waals surface area contributed by atoms with Gasteiger partial charge in [-0.05, 0) is 49.4 Å². The molecule has 8 nitrogen and oxygen atoms in total. The van der Waals surface area contributed by atoms with E-state index in [9.17, 15) is 5.11 Å². The summed E-state index contributed by atoms with van der Waals surface area (Å²) in [5, 5.41) is 17.6. The van der Waals surface area contributed by atoms with Crippen molar-refractivity contribution in [3.8, 4) is 5.75 Å². The first-order chi connectivity index (χ1) is 16.5. The minimum Gasteiger partial charge on any atom is -0.508 e. The second-order valence-corrected chi connectivity index (χ2v) is 9.25. The number of rotatable bonds is 7. The van der Waals surface area contributed by atoms with Crippen LogP contribution in [0.25, 0.3) is 11.2 Å². The van der Waals surface area contributed by atoms with Gasteiger partial charge in [-0.25, -0.2) is 4.98 Å². The Morgan fingerprint density at radius 1 is 1.06 bits per heavy atom. The topological polar surface area (TPSA) is 114 Å². The molecule has 5 N–H and O–H groups in total. The number of aromatic hydroxyl groups is 1. The fourth-order valence-corrected chi connectivity index (χ4v) is 4.54. The van der Waals surface area contributed by atoms with E-state index in [0.717, 1.165) is 36.9 Å². The van der Waals surface area contributed by atoms with E-state index in [4.69, 9.17) is 27.3 Å². The summed E-state index contributed by atoms with van der Waals surface area (Å²) >= 11 is 6.12. The molecule has 4 aromatic rings. The molecule has 1 aliphatic rings. The second-order valence-electron chi connectivity index (χ2n) is 8.81. The molecular formula is C25H28ClN7O. The summed E-state index contributed by atoms with van der Waals surface area (Å²) in [7, 11) is 0. The van der Waals surface area contributed by atoms with Gasteiger partial charge in [0.05, 0.1) is 12.9 Å². The highest BCUT2D eigenvalue weighted by Gasteiger charge is 2.21. The van der Waals surface area contributed by atoms with Gasteiger partial charge < -0.3 is 26.0 Å². The molecule has 5 rings (SSSR count). The number of fused-ring (bicyclic) bond motifs is 1. The van der Waals surface area contributed by atoms with E-state index in [1.807, 2.05) is 22.8 Å². The van der Waals surface area contributed by atoms with Crippen LogP contribution in [0.1, 0.15) is 36.8 Å². The quantitative estimate of drug-likeness (QED) is 0.309. The largest absolute Gasteiger partial charge is 0.508 e. The van der Waals surface area contributed by atoms with E-state index in [0.29, 0.717) is 41.0 Å². The molecule has 1 aliphatic carbocycles. The minimum absolute atomic E-state index is 0.175. The fourth-order valence-electron chi connectivity index (χ4n) is 4.35. The number of hydrogen-bond acceptors (Lipinski definition) is 7. The first-order valence-electron chi connectivity index (χ1n) is 11.6.